The molecule has 0 N–H and O–H groups in total. The maximum Gasteiger partial charge on any atom is 2.00 e. The molecule has 0 aromatic heterocycles. The van der Waals surface area contributed by atoms with E-state index in [1.54, 1.807) is 0 Å². The predicted molar refractivity (Wildman–Crippen MR) is 95.7 cm³/mol. The van der Waals surface area contributed by atoms with Crippen LogP contribution in [0.5, 0.6) is 0 Å². The molecular formula is C20H24FeN2O4+2. The van der Waals surface area contributed by atoms with Crippen LogP contribution in [0.4, 0.5) is 0 Å². The van der Waals surface area contributed by atoms with E-state index in [1.165, 1.54) is 0 Å². The van der Waals surface area contributed by atoms with Gasteiger partial charge in [0, 0.05) is 26.2 Å². The average Bonchev–Trinajstić information content (AvgIpc) is 3.43. The second-order valence-corrected chi connectivity index (χ2v) is 6.16. The molecule has 4 aliphatic rings. The van der Waals surface area contributed by atoms with E-state index in [9.17, 15) is 9.59 Å². The predicted octanol–water partition coefficient (Wildman–Crippen LogP) is 0.498. The van der Waals surface area contributed by atoms with Gasteiger partial charge in [-0.25, -0.2) is 0 Å². The van der Waals surface area contributed by atoms with Crippen LogP contribution >= 0.6 is 0 Å². The molecule has 2 aliphatic carbocycles. The molecule has 2 heterocycles. The molecule has 4 rings (SSSR count). The monoisotopic (exact) mass is 412 g/mol. The van der Waals surface area contributed by atoms with Crippen LogP contribution in [-0.2, 0) is 36.1 Å². The summed E-state index contributed by atoms with van der Waals surface area (Å²) in [6, 6.07) is 0. The van der Waals surface area contributed by atoms with Crippen LogP contribution in [0.25, 0.3) is 0 Å². The fourth-order valence-corrected chi connectivity index (χ4v) is 2.93. The molecule has 144 valence electrons. The van der Waals surface area contributed by atoms with Crippen LogP contribution in [-0.4, -0.2) is 74.2 Å². The topological polar surface area (TPSA) is 59.1 Å². The van der Waals surface area contributed by atoms with Crippen molar-refractivity contribution in [2.75, 3.05) is 52.6 Å². The zero-order chi connectivity index (χ0) is 18.2. The molecule has 0 aromatic carbocycles. The largest absolute Gasteiger partial charge is 2.00 e. The van der Waals surface area contributed by atoms with Crippen LogP contribution in [0.2, 0.25) is 0 Å². The molecule has 10 radical (unpaired) electrons. The first-order valence-corrected chi connectivity index (χ1v) is 8.93. The van der Waals surface area contributed by atoms with E-state index >= 15 is 0 Å². The minimum atomic E-state index is 0. The van der Waals surface area contributed by atoms with Crippen molar-refractivity contribution in [2.45, 2.75) is 0 Å². The fraction of sp³-hybridized carbons (Fsp3) is 0.400. The number of morpholine rings is 2. The van der Waals surface area contributed by atoms with Crippen molar-refractivity contribution >= 4 is 11.8 Å². The van der Waals surface area contributed by atoms with E-state index in [2.05, 4.69) is 0 Å². The van der Waals surface area contributed by atoms with Gasteiger partial charge in [0.25, 0.3) is 0 Å². The van der Waals surface area contributed by atoms with Crippen molar-refractivity contribution in [2.24, 2.45) is 0 Å². The van der Waals surface area contributed by atoms with Gasteiger partial charge in [-0.3, -0.25) is 9.59 Å². The van der Waals surface area contributed by atoms with Crippen LogP contribution < -0.4 is 0 Å². The fourth-order valence-electron chi connectivity index (χ4n) is 2.93. The molecule has 0 unspecified atom stereocenters. The van der Waals surface area contributed by atoms with Gasteiger partial charge in [-0.05, 0) is 51.4 Å². The van der Waals surface area contributed by atoms with Gasteiger partial charge in [-0.2, -0.15) is 0 Å². The number of carbonyl (C=O) groups excluding carboxylic acids is 2. The Labute approximate surface area is 173 Å². The molecule has 2 saturated carbocycles. The van der Waals surface area contributed by atoms with Crippen molar-refractivity contribution in [1.82, 2.24) is 9.80 Å². The smallest absolute Gasteiger partial charge is 0.378 e. The standard InChI is InChI=1S/2C10H12NO2.Fe/c2*12-10(9-3-1-2-4-9)11-5-7-13-8-6-11;/h2*1-4H,5-8H2;/q;;+2. The molecule has 0 bridgehead atoms. The number of nitrogens with zero attached hydrogens (tertiary/aromatic N) is 2. The zero-order valence-corrected chi connectivity index (χ0v) is 16.3. The first-order valence-electron chi connectivity index (χ1n) is 8.93. The van der Waals surface area contributed by atoms with Gasteiger partial charge in [0.1, 0.15) is 0 Å². The Balaban J connectivity index is 0.000000187. The Morgan fingerprint density at radius 3 is 1.22 bits per heavy atom. The molecule has 0 spiro atoms. The number of hydrogen-bond donors (Lipinski definition) is 0. The second-order valence-electron chi connectivity index (χ2n) is 6.16. The molecule has 2 amide bonds. The molecule has 0 atom stereocenters. The molecule has 4 fully saturated rings. The number of ether oxygens (including phenoxy) is 2. The summed E-state index contributed by atoms with van der Waals surface area (Å²) < 4.78 is 10.3. The number of carbonyl (C=O) groups is 2. The SMILES string of the molecule is O=C([C]1[CH][CH][CH][CH]1)N1CCOCC1.O=C([C]1[CH][CH][CH][CH]1)N1CCOCC1.[Fe+2]. The van der Waals surface area contributed by atoms with Gasteiger partial charge in [0.15, 0.2) is 0 Å². The third kappa shape index (κ3) is 6.74. The minimum Gasteiger partial charge on any atom is -0.378 e. The van der Waals surface area contributed by atoms with Crippen LogP contribution in [0.1, 0.15) is 0 Å². The van der Waals surface area contributed by atoms with Gasteiger partial charge in [0.05, 0.1) is 38.3 Å². The Morgan fingerprint density at radius 1 is 0.630 bits per heavy atom. The Morgan fingerprint density at radius 2 is 0.926 bits per heavy atom. The van der Waals surface area contributed by atoms with Gasteiger partial charge in [-0.1, -0.05) is 0 Å². The van der Waals surface area contributed by atoms with Crippen LogP contribution in [0, 0.1) is 63.2 Å². The Bertz CT molecular complexity index is 411. The quantitative estimate of drug-likeness (QED) is 0.620. The van der Waals surface area contributed by atoms with Crippen molar-refractivity contribution in [1.29, 1.82) is 0 Å². The molecule has 2 aliphatic heterocycles. The summed E-state index contributed by atoms with van der Waals surface area (Å²) in [7, 11) is 0. The van der Waals surface area contributed by atoms with E-state index in [0.717, 1.165) is 11.8 Å². The van der Waals surface area contributed by atoms with Crippen molar-refractivity contribution in [3.05, 3.63) is 63.2 Å². The van der Waals surface area contributed by atoms with Crippen LogP contribution in [0.15, 0.2) is 0 Å². The minimum absolute atomic E-state index is 0. The van der Waals surface area contributed by atoms with Crippen molar-refractivity contribution in [3.63, 3.8) is 0 Å². The molecular weight excluding hydrogens is 388 g/mol. The normalized spacial score (nSPS) is 24.1. The van der Waals surface area contributed by atoms with Crippen molar-refractivity contribution < 1.29 is 36.1 Å². The zero-order valence-electron chi connectivity index (χ0n) is 15.2. The summed E-state index contributed by atoms with van der Waals surface area (Å²) >= 11 is 0. The van der Waals surface area contributed by atoms with E-state index < -0.39 is 0 Å². The number of amides is 2. The Hall–Kier alpha value is -0.621. The molecule has 2 saturated heterocycles. The summed E-state index contributed by atoms with van der Waals surface area (Å²) in [6.45, 7) is 5.49. The Kier molecular flexibility index (Phi) is 10.1. The molecule has 27 heavy (non-hydrogen) atoms. The van der Waals surface area contributed by atoms with E-state index in [4.69, 9.17) is 9.47 Å². The summed E-state index contributed by atoms with van der Waals surface area (Å²) in [5.41, 5.74) is 0. The number of hydrogen-bond acceptors (Lipinski definition) is 4. The molecule has 7 heteroatoms. The van der Waals surface area contributed by atoms with Gasteiger partial charge < -0.3 is 19.3 Å². The average molecular weight is 412 g/mol. The summed E-state index contributed by atoms with van der Waals surface area (Å²) in [4.78, 5) is 27.1. The maximum absolute atomic E-state index is 11.7. The van der Waals surface area contributed by atoms with E-state index in [1.807, 2.05) is 61.2 Å². The third-order valence-corrected chi connectivity index (χ3v) is 4.42. The summed E-state index contributed by atoms with van der Waals surface area (Å²) in [5, 5.41) is 0. The summed E-state index contributed by atoms with van der Waals surface area (Å²) in [5.74, 6) is 1.80. The van der Waals surface area contributed by atoms with E-state index in [-0.39, 0.29) is 28.9 Å². The van der Waals surface area contributed by atoms with Crippen LogP contribution in [0.3, 0.4) is 0 Å². The first kappa shape index (κ1) is 22.7. The molecule has 6 nitrogen and oxygen atoms in total. The molecule has 0 aromatic rings. The maximum atomic E-state index is 11.7. The van der Waals surface area contributed by atoms with Crippen molar-refractivity contribution in [3.8, 4) is 0 Å². The second kappa shape index (κ2) is 12.1. The summed E-state index contributed by atoms with van der Waals surface area (Å²) in [6.07, 6.45) is 14.9. The first-order chi connectivity index (χ1) is 12.8. The van der Waals surface area contributed by atoms with Gasteiger partial charge >= 0.3 is 17.1 Å². The van der Waals surface area contributed by atoms with E-state index in [0.29, 0.717) is 52.6 Å². The number of rotatable bonds is 2. The van der Waals surface area contributed by atoms with Gasteiger partial charge in [0.2, 0.25) is 11.8 Å². The third-order valence-electron chi connectivity index (χ3n) is 4.42. The van der Waals surface area contributed by atoms with Gasteiger partial charge in [-0.15, -0.1) is 0 Å².